The molecule has 0 saturated carbocycles. The Morgan fingerprint density at radius 1 is 1.15 bits per heavy atom. The van der Waals surface area contributed by atoms with Crippen molar-refractivity contribution in [3.63, 3.8) is 0 Å². The Balaban J connectivity index is 1.39. The van der Waals surface area contributed by atoms with Gasteiger partial charge in [0.15, 0.2) is 5.13 Å². The summed E-state index contributed by atoms with van der Waals surface area (Å²) in [5.41, 5.74) is 2.95. The number of hydrogen-bond acceptors (Lipinski definition) is 5. The zero-order valence-corrected chi connectivity index (χ0v) is 16.3. The molecular weight excluding hydrogens is 360 g/mol. The fraction of sp³-hybridized carbons (Fsp3) is 0.300. The van der Waals surface area contributed by atoms with Crippen molar-refractivity contribution in [3.05, 3.63) is 48.0 Å². The van der Waals surface area contributed by atoms with Crippen LogP contribution in [0.5, 0.6) is 5.75 Å². The van der Waals surface area contributed by atoms with Gasteiger partial charge in [0.1, 0.15) is 5.75 Å². The highest BCUT2D eigenvalue weighted by Crippen LogP contribution is 2.31. The van der Waals surface area contributed by atoms with Gasteiger partial charge >= 0.3 is 6.03 Å². The molecule has 7 heteroatoms. The molecule has 1 fully saturated rings. The van der Waals surface area contributed by atoms with Crippen molar-refractivity contribution >= 4 is 38.4 Å². The Hall–Kier alpha value is -2.80. The maximum Gasteiger partial charge on any atom is 0.321 e. The summed E-state index contributed by atoms with van der Waals surface area (Å²) >= 11 is 1.66. The minimum absolute atomic E-state index is 0.0470. The topological polar surface area (TPSA) is 57.7 Å². The molecule has 0 unspecified atom stereocenters. The van der Waals surface area contributed by atoms with Gasteiger partial charge in [0.05, 0.1) is 17.3 Å². The highest BCUT2D eigenvalue weighted by molar-refractivity contribution is 7.22. The van der Waals surface area contributed by atoms with Crippen molar-refractivity contribution in [2.45, 2.75) is 6.92 Å². The average molecular weight is 382 g/mol. The third-order valence-electron chi connectivity index (χ3n) is 4.69. The van der Waals surface area contributed by atoms with Crippen LogP contribution in [0.2, 0.25) is 0 Å². The lowest BCUT2D eigenvalue weighted by Gasteiger charge is -2.34. The van der Waals surface area contributed by atoms with Crippen LogP contribution in [0.4, 0.5) is 15.6 Å². The molecular formula is C20H22N4O2S. The van der Waals surface area contributed by atoms with Crippen LogP contribution in [-0.2, 0) is 0 Å². The molecule has 3 aromatic rings. The van der Waals surface area contributed by atoms with E-state index < -0.39 is 0 Å². The van der Waals surface area contributed by atoms with Gasteiger partial charge in [-0.15, -0.1) is 0 Å². The van der Waals surface area contributed by atoms with E-state index in [1.807, 2.05) is 54.3 Å². The number of carbonyl (C=O) groups is 1. The lowest BCUT2D eigenvalue weighted by atomic mass is 10.2. The average Bonchev–Trinajstić information content (AvgIpc) is 3.11. The number of ether oxygens (including phenoxy) is 1. The van der Waals surface area contributed by atoms with Gasteiger partial charge in [-0.3, -0.25) is 0 Å². The molecule has 140 valence electrons. The molecule has 2 aromatic carbocycles. The van der Waals surface area contributed by atoms with E-state index in [0.29, 0.717) is 13.1 Å². The second-order valence-electron chi connectivity index (χ2n) is 6.60. The highest BCUT2D eigenvalue weighted by atomic mass is 32.1. The lowest BCUT2D eigenvalue weighted by Crippen LogP contribution is -2.50. The monoisotopic (exact) mass is 382 g/mol. The SMILES string of the molecule is COc1ccc2nc(N3CCN(C(=O)Nc4cccc(C)c4)CC3)sc2c1. The summed E-state index contributed by atoms with van der Waals surface area (Å²) in [6, 6.07) is 13.7. The number of piperazine rings is 1. The summed E-state index contributed by atoms with van der Waals surface area (Å²) in [7, 11) is 1.67. The number of rotatable bonds is 3. The zero-order valence-electron chi connectivity index (χ0n) is 15.4. The van der Waals surface area contributed by atoms with Crippen LogP contribution < -0.4 is 15.0 Å². The molecule has 0 aliphatic carbocycles. The quantitative estimate of drug-likeness (QED) is 0.745. The summed E-state index contributed by atoms with van der Waals surface area (Å²) < 4.78 is 6.40. The maximum atomic E-state index is 12.5. The number of benzene rings is 2. The van der Waals surface area contributed by atoms with Crippen LogP contribution >= 0.6 is 11.3 Å². The minimum Gasteiger partial charge on any atom is -0.497 e. The first kappa shape index (κ1) is 17.6. The van der Waals surface area contributed by atoms with Gasteiger partial charge in [0.25, 0.3) is 0 Å². The number of hydrogen-bond donors (Lipinski definition) is 1. The Kier molecular flexibility index (Phi) is 4.85. The largest absolute Gasteiger partial charge is 0.497 e. The molecule has 4 rings (SSSR count). The number of nitrogens with one attached hydrogen (secondary N) is 1. The van der Waals surface area contributed by atoms with Gasteiger partial charge in [-0.25, -0.2) is 9.78 Å². The molecule has 2 heterocycles. The van der Waals surface area contributed by atoms with Crippen LogP contribution in [0.3, 0.4) is 0 Å². The second-order valence-corrected chi connectivity index (χ2v) is 7.61. The van der Waals surface area contributed by atoms with E-state index in [1.165, 1.54) is 0 Å². The molecule has 0 radical (unpaired) electrons. The van der Waals surface area contributed by atoms with Crippen LogP contribution in [-0.4, -0.2) is 49.2 Å². The van der Waals surface area contributed by atoms with Crippen molar-refractivity contribution in [2.75, 3.05) is 43.5 Å². The number of nitrogens with zero attached hydrogens (tertiary/aromatic N) is 3. The molecule has 1 aliphatic rings. The standard InChI is InChI=1S/C20H22N4O2S/c1-14-4-3-5-15(12-14)21-19(25)23-8-10-24(11-9-23)20-22-17-7-6-16(26-2)13-18(17)27-20/h3-7,12-13H,8-11H2,1-2H3,(H,21,25). The van der Waals surface area contributed by atoms with E-state index in [4.69, 9.17) is 9.72 Å². The predicted molar refractivity (Wildman–Crippen MR) is 110 cm³/mol. The Labute approximate surface area is 162 Å². The van der Waals surface area contributed by atoms with Gasteiger partial charge in [-0.05, 0) is 42.8 Å². The summed E-state index contributed by atoms with van der Waals surface area (Å²) in [6.45, 7) is 4.92. The van der Waals surface area contributed by atoms with Gasteiger partial charge in [0.2, 0.25) is 0 Å². The Bertz CT molecular complexity index is 964. The summed E-state index contributed by atoms with van der Waals surface area (Å²) in [6.07, 6.45) is 0. The Morgan fingerprint density at radius 3 is 2.70 bits per heavy atom. The van der Waals surface area contributed by atoms with E-state index >= 15 is 0 Å². The Morgan fingerprint density at radius 2 is 1.96 bits per heavy atom. The van der Waals surface area contributed by atoms with Crippen molar-refractivity contribution in [3.8, 4) is 5.75 Å². The van der Waals surface area contributed by atoms with E-state index in [9.17, 15) is 4.79 Å². The molecule has 0 bridgehead atoms. The zero-order chi connectivity index (χ0) is 18.8. The molecule has 1 aliphatic heterocycles. The number of aromatic nitrogens is 1. The number of urea groups is 1. The van der Waals surface area contributed by atoms with E-state index in [2.05, 4.69) is 10.2 Å². The third kappa shape index (κ3) is 3.83. The fourth-order valence-corrected chi connectivity index (χ4v) is 4.23. The van der Waals surface area contributed by atoms with Crippen molar-refractivity contribution in [1.29, 1.82) is 0 Å². The molecule has 1 saturated heterocycles. The van der Waals surface area contributed by atoms with Crippen molar-refractivity contribution < 1.29 is 9.53 Å². The normalized spacial score (nSPS) is 14.4. The number of amides is 2. The van der Waals surface area contributed by atoms with E-state index in [1.54, 1.807) is 18.4 Å². The molecule has 27 heavy (non-hydrogen) atoms. The van der Waals surface area contributed by atoms with Crippen LogP contribution in [0.1, 0.15) is 5.56 Å². The van der Waals surface area contributed by atoms with Crippen LogP contribution in [0, 0.1) is 6.92 Å². The minimum atomic E-state index is -0.0470. The molecule has 1 aromatic heterocycles. The molecule has 0 spiro atoms. The first-order chi connectivity index (χ1) is 13.1. The smallest absolute Gasteiger partial charge is 0.321 e. The number of anilines is 2. The molecule has 1 N–H and O–H groups in total. The second kappa shape index (κ2) is 7.44. The third-order valence-corrected chi connectivity index (χ3v) is 5.77. The fourth-order valence-electron chi connectivity index (χ4n) is 3.18. The molecule has 6 nitrogen and oxygen atoms in total. The molecule has 0 atom stereocenters. The van der Waals surface area contributed by atoms with Crippen LogP contribution in [0.25, 0.3) is 10.2 Å². The lowest BCUT2D eigenvalue weighted by molar-refractivity contribution is 0.208. The first-order valence-corrected chi connectivity index (χ1v) is 9.76. The van der Waals surface area contributed by atoms with Crippen molar-refractivity contribution in [2.24, 2.45) is 0 Å². The first-order valence-electron chi connectivity index (χ1n) is 8.94. The van der Waals surface area contributed by atoms with Crippen molar-refractivity contribution in [1.82, 2.24) is 9.88 Å². The number of carbonyl (C=O) groups excluding carboxylic acids is 1. The van der Waals surface area contributed by atoms with E-state index in [-0.39, 0.29) is 6.03 Å². The molecule has 2 amide bonds. The van der Waals surface area contributed by atoms with E-state index in [0.717, 1.165) is 45.4 Å². The summed E-state index contributed by atoms with van der Waals surface area (Å²) in [5, 5.41) is 3.98. The highest BCUT2D eigenvalue weighted by Gasteiger charge is 2.23. The summed E-state index contributed by atoms with van der Waals surface area (Å²) in [4.78, 5) is 21.3. The number of fused-ring (bicyclic) bond motifs is 1. The number of aryl methyl sites for hydroxylation is 1. The summed E-state index contributed by atoms with van der Waals surface area (Å²) in [5.74, 6) is 0.843. The predicted octanol–water partition coefficient (Wildman–Crippen LogP) is 3.97. The maximum absolute atomic E-state index is 12.5. The van der Waals surface area contributed by atoms with Crippen LogP contribution in [0.15, 0.2) is 42.5 Å². The van der Waals surface area contributed by atoms with Gasteiger partial charge in [0, 0.05) is 31.9 Å². The van der Waals surface area contributed by atoms with Gasteiger partial charge < -0.3 is 19.9 Å². The van der Waals surface area contributed by atoms with Gasteiger partial charge in [-0.1, -0.05) is 23.5 Å². The van der Waals surface area contributed by atoms with Gasteiger partial charge in [-0.2, -0.15) is 0 Å². The number of methoxy groups -OCH3 is 1. The number of thiazole rings is 1.